The van der Waals surface area contributed by atoms with E-state index in [1.165, 1.54) is 12.8 Å². The molecule has 0 atom stereocenters. The van der Waals surface area contributed by atoms with Gasteiger partial charge in [-0.2, -0.15) is 0 Å². The monoisotopic (exact) mass is 249 g/mol. The van der Waals surface area contributed by atoms with Crippen LogP contribution in [0.25, 0.3) is 0 Å². The lowest BCUT2D eigenvalue weighted by Crippen LogP contribution is -2.34. The number of aromatic nitrogens is 2. The predicted octanol–water partition coefficient (Wildman–Crippen LogP) is 1.90. The van der Waals surface area contributed by atoms with Gasteiger partial charge in [0.2, 0.25) is 0 Å². The molecular weight excluding hydrogens is 226 g/mol. The smallest absolute Gasteiger partial charge is 0.132 e. The van der Waals surface area contributed by atoms with Gasteiger partial charge in [-0.05, 0) is 46.6 Å². The SMILES string of the molecule is Cc1nc(NC2CC2)cc(NC(C)(C)CCN)n1. The summed E-state index contributed by atoms with van der Waals surface area (Å²) in [5, 5.41) is 6.82. The fourth-order valence-electron chi connectivity index (χ4n) is 1.91. The summed E-state index contributed by atoms with van der Waals surface area (Å²) in [6.07, 6.45) is 3.39. The molecule has 0 aromatic carbocycles. The molecule has 1 aliphatic rings. The van der Waals surface area contributed by atoms with Gasteiger partial charge < -0.3 is 16.4 Å². The summed E-state index contributed by atoms with van der Waals surface area (Å²) in [5.74, 6) is 2.56. The predicted molar refractivity (Wildman–Crippen MR) is 74.8 cm³/mol. The second kappa shape index (κ2) is 5.10. The van der Waals surface area contributed by atoms with Crippen molar-refractivity contribution in [2.75, 3.05) is 17.2 Å². The Labute approximate surface area is 109 Å². The highest BCUT2D eigenvalue weighted by atomic mass is 15.1. The molecule has 4 N–H and O–H groups in total. The Balaban J connectivity index is 2.08. The van der Waals surface area contributed by atoms with Gasteiger partial charge in [0.1, 0.15) is 17.5 Å². The molecule has 0 spiro atoms. The van der Waals surface area contributed by atoms with E-state index in [1.807, 2.05) is 13.0 Å². The minimum atomic E-state index is -0.0492. The highest BCUT2D eigenvalue weighted by Crippen LogP contribution is 2.25. The van der Waals surface area contributed by atoms with Crippen LogP contribution in [-0.4, -0.2) is 28.1 Å². The van der Waals surface area contributed by atoms with E-state index < -0.39 is 0 Å². The van der Waals surface area contributed by atoms with Crippen LogP contribution in [-0.2, 0) is 0 Å². The minimum absolute atomic E-state index is 0.0492. The van der Waals surface area contributed by atoms with Crippen molar-refractivity contribution in [1.29, 1.82) is 0 Å². The number of hydrogen-bond acceptors (Lipinski definition) is 5. The lowest BCUT2D eigenvalue weighted by Gasteiger charge is -2.26. The van der Waals surface area contributed by atoms with Gasteiger partial charge in [0.05, 0.1) is 0 Å². The molecule has 1 aromatic rings. The normalized spacial score (nSPS) is 15.6. The summed E-state index contributed by atoms with van der Waals surface area (Å²) in [6, 6.07) is 2.58. The van der Waals surface area contributed by atoms with Gasteiger partial charge in [-0.3, -0.25) is 0 Å². The molecule has 5 nitrogen and oxygen atoms in total. The molecule has 0 aliphatic heterocycles. The summed E-state index contributed by atoms with van der Waals surface area (Å²) < 4.78 is 0. The van der Waals surface area contributed by atoms with E-state index in [1.54, 1.807) is 0 Å². The van der Waals surface area contributed by atoms with Crippen LogP contribution in [0, 0.1) is 6.92 Å². The lowest BCUT2D eigenvalue weighted by molar-refractivity contribution is 0.524. The van der Waals surface area contributed by atoms with Crippen LogP contribution in [0.3, 0.4) is 0 Å². The van der Waals surface area contributed by atoms with E-state index in [4.69, 9.17) is 5.73 Å². The van der Waals surface area contributed by atoms with Gasteiger partial charge in [0, 0.05) is 17.6 Å². The molecule has 0 bridgehead atoms. The number of anilines is 2. The first-order valence-electron chi connectivity index (χ1n) is 6.59. The third kappa shape index (κ3) is 3.84. The van der Waals surface area contributed by atoms with Crippen molar-refractivity contribution in [2.24, 2.45) is 5.73 Å². The molecule has 1 aromatic heterocycles. The molecule has 0 radical (unpaired) electrons. The number of rotatable bonds is 6. The minimum Gasteiger partial charge on any atom is -0.367 e. The van der Waals surface area contributed by atoms with E-state index in [0.717, 1.165) is 23.9 Å². The quantitative estimate of drug-likeness (QED) is 0.718. The summed E-state index contributed by atoms with van der Waals surface area (Å²) in [7, 11) is 0. The summed E-state index contributed by atoms with van der Waals surface area (Å²) in [6.45, 7) is 6.84. The van der Waals surface area contributed by atoms with Crippen LogP contribution < -0.4 is 16.4 Å². The Bertz CT molecular complexity index is 412. The standard InChI is InChI=1S/C13H23N5/c1-9-15-11(17-10-4-5-10)8-12(16-9)18-13(2,3)6-7-14/h8,10H,4-7,14H2,1-3H3,(H2,15,16,17,18). The maximum absolute atomic E-state index is 5.62. The molecule has 1 fully saturated rings. The Morgan fingerprint density at radius 2 is 2.00 bits per heavy atom. The van der Waals surface area contributed by atoms with Crippen LogP contribution >= 0.6 is 0 Å². The van der Waals surface area contributed by atoms with Gasteiger partial charge in [0.15, 0.2) is 0 Å². The Kier molecular flexibility index (Phi) is 3.71. The van der Waals surface area contributed by atoms with Crippen LogP contribution in [0.2, 0.25) is 0 Å². The zero-order valence-electron chi connectivity index (χ0n) is 11.5. The fraction of sp³-hybridized carbons (Fsp3) is 0.692. The largest absolute Gasteiger partial charge is 0.367 e. The lowest BCUT2D eigenvalue weighted by atomic mass is 10.0. The topological polar surface area (TPSA) is 75.9 Å². The van der Waals surface area contributed by atoms with Crippen LogP contribution in [0.5, 0.6) is 0 Å². The molecule has 1 aliphatic carbocycles. The van der Waals surface area contributed by atoms with E-state index in [2.05, 4.69) is 34.4 Å². The number of hydrogen-bond donors (Lipinski definition) is 3. The average Bonchev–Trinajstić information content (AvgIpc) is 2.99. The molecule has 18 heavy (non-hydrogen) atoms. The zero-order chi connectivity index (χ0) is 13.2. The van der Waals surface area contributed by atoms with Gasteiger partial charge in [-0.25, -0.2) is 9.97 Å². The van der Waals surface area contributed by atoms with Crippen molar-refractivity contribution in [3.8, 4) is 0 Å². The van der Waals surface area contributed by atoms with Crippen LogP contribution in [0.1, 0.15) is 38.9 Å². The fourth-order valence-corrected chi connectivity index (χ4v) is 1.91. The average molecular weight is 249 g/mol. The van der Waals surface area contributed by atoms with E-state index in [0.29, 0.717) is 12.6 Å². The zero-order valence-corrected chi connectivity index (χ0v) is 11.5. The van der Waals surface area contributed by atoms with Crippen molar-refractivity contribution in [3.05, 3.63) is 11.9 Å². The van der Waals surface area contributed by atoms with E-state index in [9.17, 15) is 0 Å². The van der Waals surface area contributed by atoms with Crippen molar-refractivity contribution in [1.82, 2.24) is 9.97 Å². The first kappa shape index (κ1) is 13.1. The highest BCUT2D eigenvalue weighted by molar-refractivity contribution is 5.49. The summed E-state index contributed by atoms with van der Waals surface area (Å²) in [4.78, 5) is 8.83. The summed E-state index contributed by atoms with van der Waals surface area (Å²) >= 11 is 0. The Hall–Kier alpha value is -1.36. The molecule has 0 unspecified atom stereocenters. The van der Waals surface area contributed by atoms with E-state index >= 15 is 0 Å². The molecule has 2 rings (SSSR count). The summed E-state index contributed by atoms with van der Waals surface area (Å²) in [5.41, 5.74) is 5.57. The second-order valence-electron chi connectivity index (χ2n) is 5.65. The van der Waals surface area contributed by atoms with E-state index in [-0.39, 0.29) is 5.54 Å². The van der Waals surface area contributed by atoms with Crippen molar-refractivity contribution in [2.45, 2.75) is 51.6 Å². The molecule has 0 amide bonds. The van der Waals surface area contributed by atoms with Gasteiger partial charge in [-0.15, -0.1) is 0 Å². The van der Waals surface area contributed by atoms with Crippen molar-refractivity contribution in [3.63, 3.8) is 0 Å². The first-order chi connectivity index (χ1) is 8.48. The molecule has 1 heterocycles. The molecule has 0 saturated heterocycles. The van der Waals surface area contributed by atoms with Gasteiger partial charge in [0.25, 0.3) is 0 Å². The Morgan fingerprint density at radius 1 is 1.33 bits per heavy atom. The third-order valence-electron chi connectivity index (χ3n) is 3.00. The molecule has 1 saturated carbocycles. The van der Waals surface area contributed by atoms with Crippen molar-refractivity contribution < 1.29 is 0 Å². The maximum atomic E-state index is 5.62. The molecule has 100 valence electrons. The second-order valence-corrected chi connectivity index (χ2v) is 5.65. The van der Waals surface area contributed by atoms with Gasteiger partial charge in [-0.1, -0.05) is 0 Å². The van der Waals surface area contributed by atoms with Crippen molar-refractivity contribution >= 4 is 11.6 Å². The maximum Gasteiger partial charge on any atom is 0.132 e. The van der Waals surface area contributed by atoms with Gasteiger partial charge >= 0.3 is 0 Å². The third-order valence-corrected chi connectivity index (χ3v) is 3.00. The van der Waals surface area contributed by atoms with Crippen LogP contribution in [0.4, 0.5) is 11.6 Å². The number of nitrogens with one attached hydrogen (secondary N) is 2. The molecular formula is C13H23N5. The number of nitrogens with two attached hydrogens (primary N) is 1. The van der Waals surface area contributed by atoms with Crippen LogP contribution in [0.15, 0.2) is 6.07 Å². The first-order valence-corrected chi connectivity index (χ1v) is 6.59. The molecule has 5 heteroatoms. The number of nitrogens with zero attached hydrogens (tertiary/aromatic N) is 2. The Morgan fingerprint density at radius 3 is 2.61 bits per heavy atom. The number of aryl methyl sites for hydroxylation is 1. The highest BCUT2D eigenvalue weighted by Gasteiger charge is 2.22.